The summed E-state index contributed by atoms with van der Waals surface area (Å²) >= 11 is 0. The molecule has 8 heteroatoms. The van der Waals surface area contributed by atoms with Gasteiger partial charge in [-0.3, -0.25) is 10.1 Å². The van der Waals surface area contributed by atoms with E-state index in [4.69, 9.17) is 19.6 Å². The molecule has 24 heavy (non-hydrogen) atoms. The first-order chi connectivity index (χ1) is 11.4. The van der Waals surface area contributed by atoms with Crippen LogP contribution >= 0.6 is 0 Å². The molecule has 0 spiro atoms. The first-order valence-electron chi connectivity index (χ1n) is 7.33. The van der Waals surface area contributed by atoms with Gasteiger partial charge in [0, 0.05) is 17.6 Å². The van der Waals surface area contributed by atoms with Crippen LogP contribution in [0.3, 0.4) is 0 Å². The lowest BCUT2D eigenvalue weighted by Crippen LogP contribution is -2.42. The van der Waals surface area contributed by atoms with Crippen molar-refractivity contribution in [1.29, 1.82) is 0 Å². The standard InChI is InChI=1S/C16H18N2O6/c1-3-22-8-11-10-6-4-5-7-12(10)24-13(11)15(20)23-9(2)14(19)18-16(17)21/h4-7,9H,3,8H2,1-2H3,(H3,17,18,19,21). The third-order valence-corrected chi connectivity index (χ3v) is 3.23. The largest absolute Gasteiger partial charge is 0.449 e. The third-order valence-electron chi connectivity index (χ3n) is 3.23. The van der Waals surface area contributed by atoms with Crippen molar-refractivity contribution in [2.45, 2.75) is 26.6 Å². The highest BCUT2D eigenvalue weighted by atomic mass is 16.6. The van der Waals surface area contributed by atoms with E-state index in [1.165, 1.54) is 6.92 Å². The predicted molar refractivity (Wildman–Crippen MR) is 84.1 cm³/mol. The summed E-state index contributed by atoms with van der Waals surface area (Å²) in [5.74, 6) is -1.69. The van der Waals surface area contributed by atoms with Gasteiger partial charge in [0.25, 0.3) is 5.91 Å². The smallest absolute Gasteiger partial charge is 0.375 e. The van der Waals surface area contributed by atoms with Crippen molar-refractivity contribution in [2.75, 3.05) is 6.61 Å². The highest BCUT2D eigenvalue weighted by molar-refractivity contribution is 5.99. The Labute approximate surface area is 137 Å². The SMILES string of the molecule is CCOCc1c(C(=O)OC(C)C(=O)NC(N)=O)oc2ccccc12. The number of nitrogens with one attached hydrogen (secondary N) is 1. The Kier molecular flexibility index (Phi) is 5.54. The van der Waals surface area contributed by atoms with Gasteiger partial charge in [-0.05, 0) is 19.9 Å². The van der Waals surface area contributed by atoms with E-state index in [-0.39, 0.29) is 12.4 Å². The van der Waals surface area contributed by atoms with E-state index in [0.29, 0.717) is 17.8 Å². The number of benzene rings is 1. The molecule has 2 rings (SSSR count). The predicted octanol–water partition coefficient (Wildman–Crippen LogP) is 1.71. The number of primary amides is 1. The average Bonchev–Trinajstić information content (AvgIpc) is 2.91. The lowest BCUT2D eigenvalue weighted by Gasteiger charge is -2.11. The summed E-state index contributed by atoms with van der Waals surface area (Å²) in [6.45, 7) is 3.78. The molecule has 3 N–H and O–H groups in total. The van der Waals surface area contributed by atoms with Crippen molar-refractivity contribution in [3.05, 3.63) is 35.6 Å². The number of rotatable bonds is 6. The molecule has 0 aliphatic rings. The van der Waals surface area contributed by atoms with E-state index in [0.717, 1.165) is 5.39 Å². The number of esters is 1. The minimum atomic E-state index is -1.21. The van der Waals surface area contributed by atoms with Gasteiger partial charge in [-0.15, -0.1) is 0 Å². The topological polar surface area (TPSA) is 121 Å². The van der Waals surface area contributed by atoms with Crippen molar-refractivity contribution < 1.29 is 28.3 Å². The quantitative estimate of drug-likeness (QED) is 0.776. The van der Waals surface area contributed by atoms with Crippen molar-refractivity contribution in [3.63, 3.8) is 0 Å². The zero-order valence-corrected chi connectivity index (χ0v) is 13.3. The molecular weight excluding hydrogens is 316 g/mol. The van der Waals surface area contributed by atoms with Crippen LogP contribution in [-0.4, -0.2) is 30.6 Å². The Bertz CT molecular complexity index is 767. The van der Waals surface area contributed by atoms with Gasteiger partial charge < -0.3 is 19.6 Å². The molecule has 2 aromatic rings. The van der Waals surface area contributed by atoms with Gasteiger partial charge in [-0.1, -0.05) is 18.2 Å². The second kappa shape index (κ2) is 7.60. The highest BCUT2D eigenvalue weighted by Gasteiger charge is 2.26. The molecule has 0 aliphatic carbocycles. The van der Waals surface area contributed by atoms with E-state index in [9.17, 15) is 14.4 Å². The molecule has 0 saturated heterocycles. The third kappa shape index (κ3) is 3.90. The fraction of sp³-hybridized carbons (Fsp3) is 0.312. The van der Waals surface area contributed by atoms with Gasteiger partial charge in [-0.2, -0.15) is 0 Å². The Morgan fingerprint density at radius 3 is 2.67 bits per heavy atom. The zero-order valence-electron chi connectivity index (χ0n) is 13.3. The van der Waals surface area contributed by atoms with Crippen molar-refractivity contribution >= 4 is 28.9 Å². The summed E-state index contributed by atoms with van der Waals surface area (Å²) in [5, 5.41) is 2.57. The highest BCUT2D eigenvalue weighted by Crippen LogP contribution is 2.27. The van der Waals surface area contributed by atoms with Crippen LogP contribution in [0.4, 0.5) is 4.79 Å². The van der Waals surface area contributed by atoms with Crippen LogP contribution in [0.2, 0.25) is 0 Å². The number of hydrogen-bond acceptors (Lipinski definition) is 6. The first kappa shape index (κ1) is 17.5. The van der Waals surface area contributed by atoms with Crippen LogP contribution in [0, 0.1) is 0 Å². The molecule has 0 bridgehead atoms. The van der Waals surface area contributed by atoms with Gasteiger partial charge in [-0.25, -0.2) is 9.59 Å². The maximum Gasteiger partial charge on any atom is 0.375 e. The number of nitrogens with two attached hydrogens (primary N) is 1. The van der Waals surface area contributed by atoms with Crippen molar-refractivity contribution in [1.82, 2.24) is 5.32 Å². The lowest BCUT2D eigenvalue weighted by atomic mass is 10.1. The molecule has 3 amide bonds. The minimum Gasteiger partial charge on any atom is -0.449 e. The van der Waals surface area contributed by atoms with E-state index in [2.05, 4.69) is 0 Å². The maximum absolute atomic E-state index is 12.3. The van der Waals surface area contributed by atoms with E-state index >= 15 is 0 Å². The van der Waals surface area contributed by atoms with Gasteiger partial charge in [0.05, 0.1) is 6.61 Å². The molecule has 0 aliphatic heterocycles. The van der Waals surface area contributed by atoms with E-state index in [1.807, 2.05) is 18.3 Å². The Morgan fingerprint density at radius 2 is 2.00 bits per heavy atom. The normalized spacial score (nSPS) is 11.9. The molecule has 0 saturated carbocycles. The van der Waals surface area contributed by atoms with E-state index in [1.54, 1.807) is 18.2 Å². The molecule has 1 atom stereocenters. The molecular formula is C16H18N2O6. The summed E-state index contributed by atoms with van der Waals surface area (Å²) in [4.78, 5) is 34.6. The van der Waals surface area contributed by atoms with Crippen LogP contribution in [0.5, 0.6) is 0 Å². The molecule has 128 valence electrons. The lowest BCUT2D eigenvalue weighted by molar-refractivity contribution is -0.127. The summed E-state index contributed by atoms with van der Waals surface area (Å²) in [6, 6.07) is 6.07. The number of para-hydroxylation sites is 1. The molecule has 1 aromatic carbocycles. The number of imide groups is 1. The number of carbonyl (C=O) groups is 3. The number of urea groups is 1. The number of amides is 3. The van der Waals surface area contributed by atoms with Crippen LogP contribution in [0.15, 0.2) is 28.7 Å². The number of furan rings is 1. The average molecular weight is 334 g/mol. The van der Waals surface area contributed by atoms with Crippen molar-refractivity contribution in [2.24, 2.45) is 5.73 Å². The number of ether oxygens (including phenoxy) is 2. The van der Waals surface area contributed by atoms with Gasteiger partial charge in [0.1, 0.15) is 5.58 Å². The number of hydrogen-bond donors (Lipinski definition) is 2. The summed E-state index contributed by atoms with van der Waals surface area (Å²) in [6.07, 6.45) is -1.21. The van der Waals surface area contributed by atoms with Crippen LogP contribution in [0.1, 0.15) is 30.0 Å². The molecule has 1 aromatic heterocycles. The van der Waals surface area contributed by atoms with Crippen molar-refractivity contribution in [3.8, 4) is 0 Å². The van der Waals surface area contributed by atoms with Crippen LogP contribution in [0.25, 0.3) is 11.0 Å². The van der Waals surface area contributed by atoms with Crippen LogP contribution < -0.4 is 11.1 Å². The van der Waals surface area contributed by atoms with Gasteiger partial charge in [0.15, 0.2) is 6.10 Å². The van der Waals surface area contributed by atoms with Gasteiger partial charge in [0.2, 0.25) is 5.76 Å². The Hall–Kier alpha value is -2.87. The fourth-order valence-electron chi connectivity index (χ4n) is 2.10. The minimum absolute atomic E-state index is 0.0385. The zero-order chi connectivity index (χ0) is 17.7. The first-order valence-corrected chi connectivity index (χ1v) is 7.33. The van der Waals surface area contributed by atoms with Crippen LogP contribution in [-0.2, 0) is 20.9 Å². The maximum atomic E-state index is 12.3. The fourth-order valence-corrected chi connectivity index (χ4v) is 2.10. The molecule has 1 heterocycles. The summed E-state index contributed by atoms with van der Waals surface area (Å²) < 4.78 is 16.0. The molecule has 8 nitrogen and oxygen atoms in total. The number of fused-ring (bicyclic) bond motifs is 1. The van der Waals surface area contributed by atoms with Gasteiger partial charge >= 0.3 is 12.0 Å². The summed E-state index contributed by atoms with van der Waals surface area (Å²) in [7, 11) is 0. The molecule has 0 radical (unpaired) electrons. The Balaban J connectivity index is 2.25. The summed E-state index contributed by atoms with van der Waals surface area (Å²) in [5.41, 5.74) is 5.91. The molecule has 0 fully saturated rings. The second-order valence-electron chi connectivity index (χ2n) is 4.94. The Morgan fingerprint density at radius 1 is 1.29 bits per heavy atom. The number of carbonyl (C=O) groups excluding carboxylic acids is 3. The molecule has 1 unspecified atom stereocenters. The monoisotopic (exact) mass is 334 g/mol. The van der Waals surface area contributed by atoms with E-state index < -0.39 is 24.0 Å². The second-order valence-corrected chi connectivity index (χ2v) is 4.94.